The predicted molar refractivity (Wildman–Crippen MR) is 300 cm³/mol. The molecule has 0 fully saturated rings. The molecule has 4 aromatic carbocycles. The molecule has 358 valence electrons. The molecule has 6 nitrogen and oxygen atoms in total. The minimum absolute atomic E-state index is 0.0837. The van der Waals surface area contributed by atoms with Crippen LogP contribution in [-0.2, 0) is 5.41 Å². The molecule has 0 unspecified atom stereocenters. The fraction of sp³-hybridized carbons (Fsp3) is 0.194. The van der Waals surface area contributed by atoms with Crippen molar-refractivity contribution in [1.82, 2.24) is 29.9 Å². The van der Waals surface area contributed by atoms with E-state index in [2.05, 4.69) is 143 Å². The molecule has 10 aromatic rings. The molecule has 0 aliphatic heterocycles. The van der Waals surface area contributed by atoms with E-state index in [9.17, 15) is 0 Å². The monoisotopic (exact) mass is 948 g/mol. The van der Waals surface area contributed by atoms with E-state index in [1.807, 2.05) is 97.6 Å². The van der Waals surface area contributed by atoms with E-state index in [0.29, 0.717) is 0 Å². The van der Waals surface area contributed by atoms with Gasteiger partial charge in [-0.1, -0.05) is 162 Å². The lowest BCUT2D eigenvalue weighted by molar-refractivity contribution is 0.401. The molecule has 6 heteroatoms. The summed E-state index contributed by atoms with van der Waals surface area (Å²) in [5.41, 5.74) is 21.7. The molecule has 0 amide bonds. The Morgan fingerprint density at radius 2 is 0.603 bits per heavy atom. The molecule has 6 aromatic heterocycles. The summed E-state index contributed by atoms with van der Waals surface area (Å²) < 4.78 is 0. The number of nitrogens with zero attached hydrogens (tertiary/aromatic N) is 6. The zero-order chi connectivity index (χ0) is 49.4. The first-order valence-electron chi connectivity index (χ1n) is 26.3. The van der Waals surface area contributed by atoms with E-state index in [4.69, 9.17) is 9.97 Å². The molecule has 0 saturated heterocycles. The number of unbranched alkanes of at least 4 members (excludes halogenated alkanes) is 6. The molecule has 0 bridgehead atoms. The van der Waals surface area contributed by atoms with Crippen molar-refractivity contribution in [1.29, 1.82) is 0 Å². The molecule has 11 rings (SSSR count). The van der Waals surface area contributed by atoms with Gasteiger partial charge in [0.05, 0.1) is 45.6 Å². The fourth-order valence-electron chi connectivity index (χ4n) is 10.9. The summed E-state index contributed by atoms with van der Waals surface area (Å²) in [6.45, 7) is 4.63. The number of benzene rings is 4. The SMILES string of the molecule is CCCCCCC1(CCCCCC)c2cc(-c3ccc(-c4cc(-c5ccccn5)nc(-c5ccccn5)c4)cc3)ccc2-c2ccc(-c3ccc(-c4cc(-c5ccccn5)nc(-c5ccccn5)c4)cc3)cc21. The Labute approximate surface area is 430 Å². The maximum absolute atomic E-state index is 5.02. The number of hydrogen-bond acceptors (Lipinski definition) is 6. The van der Waals surface area contributed by atoms with Crippen molar-refractivity contribution >= 4 is 0 Å². The molecular formula is C67H60N6. The van der Waals surface area contributed by atoms with Gasteiger partial charge in [-0.3, -0.25) is 19.9 Å². The molecule has 1 aliphatic carbocycles. The van der Waals surface area contributed by atoms with Crippen LogP contribution in [0, 0.1) is 0 Å². The second-order valence-electron chi connectivity index (χ2n) is 19.5. The van der Waals surface area contributed by atoms with Gasteiger partial charge in [0, 0.05) is 30.2 Å². The Kier molecular flexibility index (Phi) is 14.0. The number of hydrogen-bond donors (Lipinski definition) is 0. The normalized spacial score (nSPS) is 12.4. The van der Waals surface area contributed by atoms with Crippen LogP contribution >= 0.6 is 0 Å². The summed E-state index contributed by atoms with van der Waals surface area (Å²) in [5.74, 6) is 0. The van der Waals surface area contributed by atoms with Crippen molar-refractivity contribution in [2.45, 2.75) is 83.5 Å². The third-order valence-corrected chi connectivity index (χ3v) is 14.7. The topological polar surface area (TPSA) is 77.3 Å². The van der Waals surface area contributed by atoms with Crippen LogP contribution in [0.15, 0.2) is 207 Å². The van der Waals surface area contributed by atoms with Crippen LogP contribution in [0.5, 0.6) is 0 Å². The van der Waals surface area contributed by atoms with Crippen molar-refractivity contribution in [3.8, 4) is 101 Å². The number of rotatable bonds is 18. The van der Waals surface area contributed by atoms with Gasteiger partial charge in [-0.2, -0.15) is 0 Å². The summed E-state index contributed by atoms with van der Waals surface area (Å²) in [7, 11) is 0. The second-order valence-corrected chi connectivity index (χ2v) is 19.5. The number of fused-ring (bicyclic) bond motifs is 3. The Morgan fingerprint density at radius 1 is 0.288 bits per heavy atom. The van der Waals surface area contributed by atoms with Crippen LogP contribution in [0.1, 0.15) is 89.2 Å². The van der Waals surface area contributed by atoms with Gasteiger partial charge in [-0.25, -0.2) is 9.97 Å². The average molecular weight is 949 g/mol. The van der Waals surface area contributed by atoms with Crippen LogP contribution in [0.4, 0.5) is 0 Å². The zero-order valence-electron chi connectivity index (χ0n) is 41.9. The highest BCUT2D eigenvalue weighted by Crippen LogP contribution is 2.56. The van der Waals surface area contributed by atoms with Crippen LogP contribution < -0.4 is 0 Å². The lowest BCUT2D eigenvalue weighted by Gasteiger charge is -2.33. The fourth-order valence-corrected chi connectivity index (χ4v) is 10.9. The van der Waals surface area contributed by atoms with Crippen molar-refractivity contribution < 1.29 is 0 Å². The molecule has 73 heavy (non-hydrogen) atoms. The smallest absolute Gasteiger partial charge is 0.0900 e. The summed E-state index contributed by atoms with van der Waals surface area (Å²) in [4.78, 5) is 28.6. The van der Waals surface area contributed by atoms with Gasteiger partial charge in [0.2, 0.25) is 0 Å². The minimum Gasteiger partial charge on any atom is -0.255 e. The van der Waals surface area contributed by atoms with E-state index >= 15 is 0 Å². The van der Waals surface area contributed by atoms with Crippen LogP contribution in [0.3, 0.4) is 0 Å². The van der Waals surface area contributed by atoms with E-state index < -0.39 is 0 Å². The van der Waals surface area contributed by atoms with Gasteiger partial charge >= 0.3 is 0 Å². The largest absolute Gasteiger partial charge is 0.255 e. The Balaban J connectivity index is 0.948. The lowest BCUT2D eigenvalue weighted by atomic mass is 9.70. The van der Waals surface area contributed by atoms with Crippen LogP contribution in [0.2, 0.25) is 0 Å². The minimum atomic E-state index is -0.0837. The van der Waals surface area contributed by atoms with E-state index in [1.54, 1.807) is 0 Å². The van der Waals surface area contributed by atoms with E-state index in [1.165, 1.54) is 95.9 Å². The first-order chi connectivity index (χ1) is 36.1. The summed E-state index contributed by atoms with van der Waals surface area (Å²) in [6.07, 6.45) is 19.4. The third-order valence-electron chi connectivity index (χ3n) is 14.7. The summed E-state index contributed by atoms with van der Waals surface area (Å²) >= 11 is 0. The number of aromatic nitrogens is 6. The first kappa shape index (κ1) is 47.1. The quantitative estimate of drug-likeness (QED) is 0.0798. The van der Waals surface area contributed by atoms with Gasteiger partial charge in [-0.05, 0) is 165 Å². The summed E-state index contributed by atoms with van der Waals surface area (Å²) in [6, 6.07) is 65.2. The Bertz CT molecular complexity index is 3100. The average Bonchev–Trinajstić information content (AvgIpc) is 3.73. The summed E-state index contributed by atoms with van der Waals surface area (Å²) in [5, 5.41) is 0. The van der Waals surface area contributed by atoms with Crippen molar-refractivity contribution in [3.05, 3.63) is 218 Å². The van der Waals surface area contributed by atoms with E-state index in [0.717, 1.165) is 80.6 Å². The van der Waals surface area contributed by atoms with Crippen LogP contribution in [0.25, 0.3) is 101 Å². The molecule has 0 spiro atoms. The molecule has 6 heterocycles. The maximum atomic E-state index is 5.02. The third kappa shape index (κ3) is 10.0. The van der Waals surface area contributed by atoms with Gasteiger partial charge in [0.1, 0.15) is 0 Å². The van der Waals surface area contributed by atoms with Crippen molar-refractivity contribution in [2.24, 2.45) is 0 Å². The Hall–Kier alpha value is -8.22. The van der Waals surface area contributed by atoms with Crippen LogP contribution in [-0.4, -0.2) is 29.9 Å². The molecular weight excluding hydrogens is 889 g/mol. The van der Waals surface area contributed by atoms with Gasteiger partial charge in [0.15, 0.2) is 0 Å². The number of pyridine rings is 6. The van der Waals surface area contributed by atoms with Gasteiger partial charge < -0.3 is 0 Å². The lowest BCUT2D eigenvalue weighted by Crippen LogP contribution is -2.25. The highest BCUT2D eigenvalue weighted by molar-refractivity contribution is 5.87. The molecule has 0 radical (unpaired) electrons. The second kappa shape index (κ2) is 21.6. The molecule has 1 aliphatic rings. The highest BCUT2D eigenvalue weighted by Gasteiger charge is 2.42. The first-order valence-corrected chi connectivity index (χ1v) is 26.3. The zero-order valence-corrected chi connectivity index (χ0v) is 41.9. The highest BCUT2D eigenvalue weighted by atomic mass is 14.8. The Morgan fingerprint density at radius 3 is 0.904 bits per heavy atom. The van der Waals surface area contributed by atoms with Gasteiger partial charge in [0.25, 0.3) is 0 Å². The van der Waals surface area contributed by atoms with E-state index in [-0.39, 0.29) is 5.41 Å². The predicted octanol–water partition coefficient (Wildman–Crippen LogP) is 17.6. The van der Waals surface area contributed by atoms with Gasteiger partial charge in [-0.15, -0.1) is 0 Å². The maximum Gasteiger partial charge on any atom is 0.0900 e. The molecule has 0 atom stereocenters. The molecule has 0 saturated carbocycles. The molecule has 0 N–H and O–H groups in total. The van der Waals surface area contributed by atoms with Crippen molar-refractivity contribution in [2.75, 3.05) is 0 Å². The van der Waals surface area contributed by atoms with Crippen molar-refractivity contribution in [3.63, 3.8) is 0 Å². The standard InChI is InChI=1S/C67H60N6/c1-3-5-7-13-35-67(36-14-8-6-4-2)57-41-51(47-23-27-49(28-24-47)53-43-63(59-19-9-15-37-68-59)72-64(44-53)60-20-10-16-38-69-60)31-33-55(57)56-34-32-52(42-58(56)67)48-25-29-50(30-26-48)54-45-65(61-21-11-17-39-70-61)73-66(46-54)62-22-12-18-40-71-62/h9-12,15-34,37-46H,3-8,13-14,35-36H2,1-2H3.